The molecule has 0 spiro atoms. The molecule has 7 heteroatoms. The monoisotopic (exact) mass is 368 g/mol. The van der Waals surface area contributed by atoms with Gasteiger partial charge in [-0.25, -0.2) is 9.18 Å². The number of esters is 1. The molecule has 0 fully saturated rings. The van der Waals surface area contributed by atoms with E-state index >= 15 is 0 Å². The van der Waals surface area contributed by atoms with Crippen LogP contribution < -0.4 is 10.1 Å². The molecule has 1 amide bonds. The number of nitriles is 1. The molecule has 6 nitrogen and oxygen atoms in total. The maximum absolute atomic E-state index is 13.6. The third-order valence-corrected chi connectivity index (χ3v) is 3.45. The number of nitrogens with one attached hydrogen (secondary N) is 1. The van der Waals surface area contributed by atoms with Crippen LogP contribution in [0.2, 0.25) is 0 Å². The van der Waals surface area contributed by atoms with E-state index in [1.165, 1.54) is 25.3 Å². The highest BCUT2D eigenvalue weighted by Crippen LogP contribution is 2.18. The van der Waals surface area contributed by atoms with Crippen LogP contribution in [0, 0.1) is 17.1 Å². The summed E-state index contributed by atoms with van der Waals surface area (Å²) in [4.78, 5) is 23.4. The summed E-state index contributed by atoms with van der Waals surface area (Å²) in [7, 11) is 1.36. The van der Waals surface area contributed by atoms with Gasteiger partial charge in [-0.3, -0.25) is 4.79 Å². The lowest BCUT2D eigenvalue weighted by Crippen LogP contribution is -2.20. The Morgan fingerprint density at radius 2 is 1.96 bits per heavy atom. The fraction of sp³-hybridized carbons (Fsp3) is 0.150. The number of hydrogen-bond acceptors (Lipinski definition) is 5. The predicted molar refractivity (Wildman–Crippen MR) is 97.3 cm³/mol. The van der Waals surface area contributed by atoms with Crippen LogP contribution in [-0.2, 0) is 20.7 Å². The second kappa shape index (κ2) is 9.73. The number of carbonyl (C=O) groups is 2. The van der Waals surface area contributed by atoms with Gasteiger partial charge in [-0.1, -0.05) is 18.2 Å². The van der Waals surface area contributed by atoms with Crippen LogP contribution in [0.4, 0.5) is 10.1 Å². The Kier molecular flexibility index (Phi) is 7.08. The first kappa shape index (κ1) is 19.7. The van der Waals surface area contributed by atoms with Crippen LogP contribution in [0.3, 0.4) is 0 Å². The summed E-state index contributed by atoms with van der Waals surface area (Å²) >= 11 is 0. The van der Waals surface area contributed by atoms with E-state index in [2.05, 4.69) is 5.32 Å². The summed E-state index contributed by atoms with van der Waals surface area (Å²) < 4.78 is 23.2. The number of rotatable bonds is 7. The van der Waals surface area contributed by atoms with Crippen molar-refractivity contribution in [2.24, 2.45) is 0 Å². The zero-order valence-electron chi connectivity index (χ0n) is 14.6. The molecule has 0 saturated carbocycles. The van der Waals surface area contributed by atoms with E-state index < -0.39 is 24.3 Å². The molecular formula is C20H17FN2O4. The largest absolute Gasteiger partial charge is 0.494 e. The molecule has 1 N–H and O–H groups in total. The molecular weight excluding hydrogens is 351 g/mol. The fourth-order valence-electron chi connectivity index (χ4n) is 2.13. The van der Waals surface area contributed by atoms with Crippen molar-refractivity contribution >= 4 is 23.6 Å². The Balaban J connectivity index is 1.81. The van der Waals surface area contributed by atoms with Gasteiger partial charge in [-0.15, -0.1) is 0 Å². The Bertz CT molecular complexity index is 886. The van der Waals surface area contributed by atoms with Crippen LogP contribution >= 0.6 is 0 Å². The minimum absolute atomic E-state index is 0.104. The normalized spacial score (nSPS) is 10.3. The van der Waals surface area contributed by atoms with Crippen LogP contribution in [0.15, 0.2) is 48.5 Å². The van der Waals surface area contributed by atoms with Gasteiger partial charge in [-0.2, -0.15) is 5.26 Å². The highest BCUT2D eigenvalue weighted by molar-refractivity contribution is 5.94. The topological polar surface area (TPSA) is 88.4 Å². The third-order valence-electron chi connectivity index (χ3n) is 3.45. The van der Waals surface area contributed by atoms with Gasteiger partial charge in [-0.05, 0) is 41.5 Å². The zero-order chi connectivity index (χ0) is 19.6. The van der Waals surface area contributed by atoms with Crippen molar-refractivity contribution in [2.45, 2.75) is 6.42 Å². The average Bonchev–Trinajstić information content (AvgIpc) is 2.66. The van der Waals surface area contributed by atoms with Crippen LogP contribution in [-0.4, -0.2) is 25.6 Å². The van der Waals surface area contributed by atoms with E-state index in [1.54, 1.807) is 30.3 Å². The molecule has 2 rings (SSSR count). The van der Waals surface area contributed by atoms with Crippen LogP contribution in [0.5, 0.6) is 5.75 Å². The predicted octanol–water partition coefficient (Wildman–Crippen LogP) is 3.10. The fourth-order valence-corrected chi connectivity index (χ4v) is 2.13. The molecule has 0 bridgehead atoms. The number of nitrogens with zero attached hydrogens (tertiary/aromatic N) is 1. The summed E-state index contributed by atoms with van der Waals surface area (Å²) in [5.74, 6) is -1.67. The number of anilines is 1. The van der Waals surface area contributed by atoms with Crippen molar-refractivity contribution in [3.05, 3.63) is 65.5 Å². The molecule has 0 aliphatic rings. The Hall–Kier alpha value is -3.66. The number of ether oxygens (including phenoxy) is 2. The van der Waals surface area contributed by atoms with Gasteiger partial charge in [0.15, 0.2) is 18.2 Å². The molecule has 0 heterocycles. The average molecular weight is 368 g/mol. The number of hydrogen-bond donors (Lipinski definition) is 1. The summed E-state index contributed by atoms with van der Waals surface area (Å²) in [6.45, 7) is -0.458. The van der Waals surface area contributed by atoms with Gasteiger partial charge in [0.1, 0.15) is 0 Å². The lowest BCUT2D eigenvalue weighted by Gasteiger charge is -2.06. The lowest BCUT2D eigenvalue weighted by molar-refractivity contribution is -0.142. The van der Waals surface area contributed by atoms with E-state index in [0.29, 0.717) is 11.3 Å². The van der Waals surface area contributed by atoms with E-state index in [9.17, 15) is 14.0 Å². The van der Waals surface area contributed by atoms with Gasteiger partial charge in [0, 0.05) is 11.8 Å². The molecule has 0 aliphatic carbocycles. The molecule has 0 aliphatic heterocycles. The Labute approximate surface area is 155 Å². The van der Waals surface area contributed by atoms with Crippen molar-refractivity contribution in [1.82, 2.24) is 0 Å². The van der Waals surface area contributed by atoms with Gasteiger partial charge in [0.2, 0.25) is 0 Å². The van der Waals surface area contributed by atoms with E-state index in [0.717, 1.165) is 11.6 Å². The number of amides is 1. The standard InChI is InChI=1S/C20H17FN2O4/c1-26-18-8-4-15(12-17(18)21)5-9-20(25)27-13-19(24)23-16-6-2-14(3-7-16)10-11-22/h2-9,12H,10,13H2,1H3,(H,23,24)/b9-5+. The number of halogens is 1. The van der Waals surface area contributed by atoms with E-state index in [4.69, 9.17) is 14.7 Å². The molecule has 2 aromatic carbocycles. The number of carbonyl (C=O) groups excluding carboxylic acids is 2. The SMILES string of the molecule is COc1ccc(/C=C/C(=O)OCC(=O)Nc2ccc(CC#N)cc2)cc1F. The molecule has 0 radical (unpaired) electrons. The van der Waals surface area contributed by atoms with Crippen molar-refractivity contribution in [3.63, 3.8) is 0 Å². The van der Waals surface area contributed by atoms with Gasteiger partial charge in [0.05, 0.1) is 19.6 Å². The first-order valence-corrected chi connectivity index (χ1v) is 7.96. The van der Waals surface area contributed by atoms with Crippen molar-refractivity contribution in [1.29, 1.82) is 5.26 Å². The highest BCUT2D eigenvalue weighted by atomic mass is 19.1. The van der Waals surface area contributed by atoms with E-state index in [-0.39, 0.29) is 12.2 Å². The lowest BCUT2D eigenvalue weighted by atomic mass is 10.1. The maximum atomic E-state index is 13.6. The smallest absolute Gasteiger partial charge is 0.331 e. The summed E-state index contributed by atoms with van der Waals surface area (Å²) in [6.07, 6.45) is 2.76. The summed E-state index contributed by atoms with van der Waals surface area (Å²) in [6, 6.07) is 13.0. The molecule has 27 heavy (non-hydrogen) atoms. The van der Waals surface area contributed by atoms with Crippen molar-refractivity contribution in [3.8, 4) is 11.8 Å². The van der Waals surface area contributed by atoms with Crippen molar-refractivity contribution < 1.29 is 23.5 Å². The van der Waals surface area contributed by atoms with Gasteiger partial charge < -0.3 is 14.8 Å². The summed E-state index contributed by atoms with van der Waals surface area (Å²) in [5.41, 5.74) is 1.82. The van der Waals surface area contributed by atoms with E-state index in [1.807, 2.05) is 6.07 Å². The molecule has 0 saturated heterocycles. The number of benzene rings is 2. The Morgan fingerprint density at radius 3 is 2.59 bits per heavy atom. The highest BCUT2D eigenvalue weighted by Gasteiger charge is 2.06. The minimum Gasteiger partial charge on any atom is -0.494 e. The van der Waals surface area contributed by atoms with Crippen molar-refractivity contribution in [2.75, 3.05) is 19.0 Å². The minimum atomic E-state index is -0.731. The summed E-state index contributed by atoms with van der Waals surface area (Å²) in [5, 5.41) is 11.2. The molecule has 0 atom stereocenters. The van der Waals surface area contributed by atoms with Crippen LogP contribution in [0.1, 0.15) is 11.1 Å². The number of methoxy groups -OCH3 is 1. The van der Waals surface area contributed by atoms with Crippen LogP contribution in [0.25, 0.3) is 6.08 Å². The quantitative estimate of drug-likeness (QED) is 0.599. The first-order valence-electron chi connectivity index (χ1n) is 7.96. The molecule has 138 valence electrons. The second-order valence-corrected chi connectivity index (χ2v) is 5.42. The second-order valence-electron chi connectivity index (χ2n) is 5.42. The van der Waals surface area contributed by atoms with Gasteiger partial charge in [0.25, 0.3) is 5.91 Å². The third kappa shape index (κ3) is 6.29. The zero-order valence-corrected chi connectivity index (χ0v) is 14.6. The maximum Gasteiger partial charge on any atom is 0.331 e. The molecule has 0 unspecified atom stereocenters. The first-order chi connectivity index (χ1) is 13.0. The molecule has 0 aromatic heterocycles. The Morgan fingerprint density at radius 1 is 1.22 bits per heavy atom. The molecule has 2 aromatic rings. The van der Waals surface area contributed by atoms with Gasteiger partial charge >= 0.3 is 5.97 Å².